The van der Waals surface area contributed by atoms with Crippen molar-refractivity contribution in [2.45, 2.75) is 33.0 Å². The van der Waals surface area contributed by atoms with Crippen LogP contribution in [0.15, 0.2) is 24.3 Å². The molecule has 0 aromatic heterocycles. The van der Waals surface area contributed by atoms with Crippen LogP contribution in [0.2, 0.25) is 0 Å². The lowest BCUT2D eigenvalue weighted by atomic mass is 9.86. The minimum atomic E-state index is -2.58. The Kier molecular flexibility index (Phi) is 0.807. The van der Waals surface area contributed by atoms with Gasteiger partial charge in [-0.1, -0.05) is 50.5 Å². The first-order chi connectivity index (χ1) is 7.50. The third kappa shape index (κ3) is 2.07. The lowest BCUT2D eigenvalue weighted by Gasteiger charge is -2.19. The van der Waals surface area contributed by atoms with Crippen molar-refractivity contribution in [3.8, 4) is 0 Å². The fraction of sp³-hybridized carbons (Fsp3) is 0.455. The van der Waals surface area contributed by atoms with Crippen molar-refractivity contribution in [2.75, 3.05) is 0 Å². The van der Waals surface area contributed by atoms with Crippen molar-refractivity contribution >= 4 is 0 Å². The highest BCUT2D eigenvalue weighted by Gasteiger charge is 2.12. The van der Waals surface area contributed by atoms with E-state index in [-0.39, 0.29) is 0 Å². The molecule has 0 bridgehead atoms. The summed E-state index contributed by atoms with van der Waals surface area (Å²) in [6.45, 7) is -2.07. The molecule has 0 spiro atoms. The molecule has 0 aliphatic carbocycles. The Hall–Kier alpha value is -0.780. The zero-order valence-electron chi connectivity index (χ0n) is 12.8. The highest BCUT2D eigenvalue weighted by molar-refractivity contribution is 5.27. The summed E-state index contributed by atoms with van der Waals surface area (Å²) >= 11 is 0. The molecule has 0 aliphatic heterocycles. The van der Waals surface area contributed by atoms with Crippen molar-refractivity contribution in [3.05, 3.63) is 35.4 Å². The molecule has 0 N–H and O–H groups in total. The third-order valence-electron chi connectivity index (χ3n) is 1.60. The number of benzene rings is 1. The van der Waals surface area contributed by atoms with Crippen LogP contribution in [0.4, 0.5) is 0 Å². The summed E-state index contributed by atoms with van der Waals surface area (Å²) in [5, 5.41) is 0. The summed E-state index contributed by atoms with van der Waals surface area (Å²) in [7, 11) is 0. The topological polar surface area (TPSA) is 0 Å². The van der Waals surface area contributed by atoms with Gasteiger partial charge in [0.2, 0.25) is 0 Å². The number of aryl methyl sites for hydroxylation is 1. The smallest absolute Gasteiger partial charge is 0.0239 e. The standard InChI is InChI=1S/C11H16/c1-9-6-5-7-10(8-9)11(2,3)4/h5-8H,1-4H3/i2D3,3D3. The van der Waals surface area contributed by atoms with Gasteiger partial charge in [-0.05, 0) is 17.9 Å². The Morgan fingerprint density at radius 1 is 1.36 bits per heavy atom. The highest BCUT2D eigenvalue weighted by Crippen LogP contribution is 2.22. The van der Waals surface area contributed by atoms with Crippen LogP contribution in [0.3, 0.4) is 0 Å². The molecule has 0 nitrogen and oxygen atoms in total. The van der Waals surface area contributed by atoms with Gasteiger partial charge < -0.3 is 0 Å². The van der Waals surface area contributed by atoms with Gasteiger partial charge in [0.15, 0.2) is 0 Å². The van der Waals surface area contributed by atoms with E-state index in [1.165, 1.54) is 6.92 Å². The average molecular weight is 154 g/mol. The second kappa shape index (κ2) is 2.69. The van der Waals surface area contributed by atoms with Crippen molar-refractivity contribution in [3.63, 3.8) is 0 Å². The normalized spacial score (nSPS) is 22.0. The molecule has 0 saturated carbocycles. The van der Waals surface area contributed by atoms with E-state index in [2.05, 4.69) is 0 Å². The molecule has 0 aliphatic rings. The van der Waals surface area contributed by atoms with Gasteiger partial charge in [-0.15, -0.1) is 0 Å². The lowest BCUT2D eigenvalue weighted by Crippen LogP contribution is -2.10. The Labute approximate surface area is 77.7 Å². The fourth-order valence-corrected chi connectivity index (χ4v) is 0.956. The SMILES string of the molecule is [2H]C([2H])([2H])C(C)(c1cccc(C)c1)C([2H])([2H])[2H]. The second-order valence-corrected chi connectivity index (χ2v) is 2.99. The third-order valence-corrected chi connectivity index (χ3v) is 1.60. The van der Waals surface area contributed by atoms with E-state index in [0.29, 0.717) is 5.56 Å². The lowest BCUT2D eigenvalue weighted by molar-refractivity contribution is 0.590. The van der Waals surface area contributed by atoms with Crippen LogP contribution in [0.25, 0.3) is 0 Å². The molecule has 0 fully saturated rings. The minimum Gasteiger partial charge on any atom is -0.0617 e. The van der Waals surface area contributed by atoms with Gasteiger partial charge in [0.25, 0.3) is 0 Å². The maximum atomic E-state index is 7.52. The molecule has 0 atom stereocenters. The number of hydrogen-bond acceptors (Lipinski definition) is 0. The molecule has 0 amide bonds. The van der Waals surface area contributed by atoms with Crippen LogP contribution < -0.4 is 0 Å². The summed E-state index contributed by atoms with van der Waals surface area (Å²) in [4.78, 5) is 0. The second-order valence-electron chi connectivity index (χ2n) is 2.99. The zero-order valence-corrected chi connectivity index (χ0v) is 6.81. The van der Waals surface area contributed by atoms with Crippen LogP contribution in [0, 0.1) is 6.92 Å². The number of rotatable bonds is 0. The highest BCUT2D eigenvalue weighted by atomic mass is 14.2. The molecule has 0 radical (unpaired) electrons. The van der Waals surface area contributed by atoms with Crippen LogP contribution in [-0.4, -0.2) is 0 Å². The van der Waals surface area contributed by atoms with E-state index in [0.717, 1.165) is 5.56 Å². The quantitative estimate of drug-likeness (QED) is 0.538. The molecule has 0 heterocycles. The maximum absolute atomic E-state index is 7.52. The Bertz CT molecular complexity index is 387. The summed E-state index contributed by atoms with van der Waals surface area (Å²) < 4.78 is 45.1. The van der Waals surface area contributed by atoms with Crippen molar-refractivity contribution in [1.29, 1.82) is 0 Å². The molecule has 0 saturated heterocycles. The van der Waals surface area contributed by atoms with Gasteiger partial charge in [0.05, 0.1) is 0 Å². The molecule has 1 aromatic rings. The zero-order chi connectivity index (χ0) is 13.5. The van der Waals surface area contributed by atoms with Gasteiger partial charge in [-0.3, -0.25) is 0 Å². The van der Waals surface area contributed by atoms with Gasteiger partial charge in [-0.2, -0.15) is 0 Å². The number of hydrogen-bond donors (Lipinski definition) is 0. The molecule has 0 heteroatoms. The molecule has 1 rings (SSSR count). The summed E-state index contributed by atoms with van der Waals surface area (Å²) in [6.07, 6.45) is 0. The Balaban J connectivity index is 3.46. The largest absolute Gasteiger partial charge is 0.0617 e. The van der Waals surface area contributed by atoms with E-state index in [1.54, 1.807) is 18.2 Å². The first kappa shape index (κ1) is 3.30. The van der Waals surface area contributed by atoms with Crippen molar-refractivity contribution < 1.29 is 8.22 Å². The fourth-order valence-electron chi connectivity index (χ4n) is 0.956. The van der Waals surface area contributed by atoms with Crippen LogP contribution >= 0.6 is 0 Å². The monoisotopic (exact) mass is 154 g/mol. The van der Waals surface area contributed by atoms with Crippen LogP contribution in [0.1, 0.15) is 40.0 Å². The first-order valence-corrected chi connectivity index (χ1v) is 3.57. The molecule has 1 aromatic carbocycles. The maximum Gasteiger partial charge on any atom is 0.0239 e. The van der Waals surface area contributed by atoms with E-state index >= 15 is 0 Å². The molecular formula is C11H16. The summed E-state index contributed by atoms with van der Waals surface area (Å²) in [5.74, 6) is 0. The van der Waals surface area contributed by atoms with Crippen molar-refractivity contribution in [1.82, 2.24) is 0 Å². The first-order valence-electron chi connectivity index (χ1n) is 6.57. The minimum absolute atomic E-state index is 0.331. The predicted octanol–water partition coefficient (Wildman–Crippen LogP) is 3.29. The molecule has 0 unspecified atom stereocenters. The molecule has 11 heavy (non-hydrogen) atoms. The van der Waals surface area contributed by atoms with Gasteiger partial charge in [0.1, 0.15) is 0 Å². The van der Waals surface area contributed by atoms with E-state index in [4.69, 9.17) is 8.22 Å². The summed E-state index contributed by atoms with van der Waals surface area (Å²) in [6, 6.07) is 6.67. The Morgan fingerprint density at radius 3 is 2.64 bits per heavy atom. The van der Waals surface area contributed by atoms with E-state index in [1.807, 2.05) is 13.0 Å². The predicted molar refractivity (Wildman–Crippen MR) is 49.9 cm³/mol. The van der Waals surface area contributed by atoms with Crippen LogP contribution in [0.5, 0.6) is 0 Å². The van der Waals surface area contributed by atoms with E-state index < -0.39 is 19.1 Å². The van der Waals surface area contributed by atoms with Gasteiger partial charge in [0, 0.05) is 8.22 Å². The molecular weight excluding hydrogens is 132 g/mol. The van der Waals surface area contributed by atoms with Gasteiger partial charge >= 0.3 is 0 Å². The Morgan fingerprint density at radius 2 is 2.09 bits per heavy atom. The average Bonchev–Trinajstić information content (AvgIpc) is 2.12. The van der Waals surface area contributed by atoms with Gasteiger partial charge in [-0.25, -0.2) is 0 Å². The summed E-state index contributed by atoms with van der Waals surface area (Å²) in [5.41, 5.74) is -0.661. The van der Waals surface area contributed by atoms with Crippen molar-refractivity contribution in [2.24, 2.45) is 0 Å². The molecule has 60 valence electrons. The van der Waals surface area contributed by atoms with Crippen LogP contribution in [-0.2, 0) is 5.41 Å². The van der Waals surface area contributed by atoms with E-state index in [9.17, 15) is 0 Å².